The van der Waals surface area contributed by atoms with Crippen molar-refractivity contribution in [2.75, 3.05) is 26.2 Å². The zero-order valence-corrected chi connectivity index (χ0v) is 12.5. The smallest absolute Gasteiger partial charge is 0.0917 e. The van der Waals surface area contributed by atoms with Gasteiger partial charge in [0.05, 0.1) is 12.2 Å². The summed E-state index contributed by atoms with van der Waals surface area (Å²) in [7, 11) is 0. The third kappa shape index (κ3) is 3.62. The summed E-state index contributed by atoms with van der Waals surface area (Å²) in [6.07, 6.45) is 0.839. The molecule has 21 heavy (non-hydrogen) atoms. The van der Waals surface area contributed by atoms with Crippen molar-refractivity contribution in [1.29, 1.82) is 0 Å². The third-order valence-corrected chi connectivity index (χ3v) is 4.13. The van der Waals surface area contributed by atoms with E-state index in [1.54, 1.807) is 0 Å². The maximum atomic E-state index is 10.5. The summed E-state index contributed by atoms with van der Waals surface area (Å²) in [6, 6.07) is 14.5. The van der Waals surface area contributed by atoms with Gasteiger partial charge in [-0.3, -0.25) is 4.90 Å². The highest BCUT2D eigenvalue weighted by Crippen LogP contribution is 2.21. The maximum absolute atomic E-state index is 10.5. The number of hydrogen-bond acceptors (Lipinski definition) is 3. The summed E-state index contributed by atoms with van der Waals surface area (Å²) in [6.45, 7) is 5.48. The van der Waals surface area contributed by atoms with E-state index in [2.05, 4.69) is 36.1 Å². The maximum Gasteiger partial charge on any atom is 0.0917 e. The van der Waals surface area contributed by atoms with E-state index >= 15 is 0 Å². The van der Waals surface area contributed by atoms with Gasteiger partial charge in [0.2, 0.25) is 0 Å². The second-order valence-electron chi connectivity index (χ2n) is 5.92. The van der Waals surface area contributed by atoms with Crippen molar-refractivity contribution in [3.8, 4) is 0 Å². The van der Waals surface area contributed by atoms with Crippen molar-refractivity contribution in [1.82, 2.24) is 4.90 Å². The van der Waals surface area contributed by atoms with Gasteiger partial charge in [0, 0.05) is 26.2 Å². The highest BCUT2D eigenvalue weighted by Gasteiger charge is 2.18. The zero-order valence-electron chi connectivity index (χ0n) is 12.5. The van der Waals surface area contributed by atoms with Crippen molar-refractivity contribution < 1.29 is 9.84 Å². The average Bonchev–Trinajstić information content (AvgIpc) is 2.70. The van der Waals surface area contributed by atoms with Gasteiger partial charge >= 0.3 is 0 Å². The van der Waals surface area contributed by atoms with Crippen LogP contribution in [-0.2, 0) is 4.74 Å². The number of nitrogens with zero attached hydrogens (tertiary/aromatic N) is 1. The molecule has 0 saturated carbocycles. The number of hydrogen-bond donors (Lipinski definition) is 1. The molecule has 2 atom stereocenters. The molecule has 2 aromatic rings. The Morgan fingerprint density at radius 3 is 2.90 bits per heavy atom. The van der Waals surface area contributed by atoms with Crippen LogP contribution >= 0.6 is 0 Å². The molecule has 1 aliphatic rings. The van der Waals surface area contributed by atoms with Crippen LogP contribution in [0.5, 0.6) is 0 Å². The zero-order chi connectivity index (χ0) is 14.7. The summed E-state index contributed by atoms with van der Waals surface area (Å²) in [4.78, 5) is 2.30. The van der Waals surface area contributed by atoms with E-state index in [4.69, 9.17) is 4.74 Å². The molecule has 112 valence electrons. The molecule has 3 heteroatoms. The molecule has 1 heterocycles. The first-order valence-electron chi connectivity index (χ1n) is 7.73. The summed E-state index contributed by atoms with van der Waals surface area (Å²) >= 11 is 0. The minimum atomic E-state index is -0.445. The molecule has 2 aromatic carbocycles. The van der Waals surface area contributed by atoms with E-state index in [0.717, 1.165) is 31.7 Å². The Labute approximate surface area is 126 Å². The minimum absolute atomic E-state index is 0.247. The molecule has 1 fully saturated rings. The highest BCUT2D eigenvalue weighted by atomic mass is 16.5. The van der Waals surface area contributed by atoms with Crippen LogP contribution in [0.3, 0.4) is 0 Å². The standard InChI is InChI=1S/C18H23NO2/c1-14-12-19(9-4-10-21-14)13-18(20)17-8-7-15-5-2-3-6-16(15)11-17/h2-3,5-8,11,14,18,20H,4,9-10,12-13H2,1H3. The fourth-order valence-corrected chi connectivity index (χ4v) is 3.01. The van der Waals surface area contributed by atoms with Gasteiger partial charge in [-0.15, -0.1) is 0 Å². The van der Waals surface area contributed by atoms with Gasteiger partial charge in [0.1, 0.15) is 0 Å². The molecule has 3 nitrogen and oxygen atoms in total. The first-order chi connectivity index (χ1) is 10.2. The SMILES string of the molecule is CC1CN(CC(O)c2ccc3ccccc3c2)CCCO1. The van der Waals surface area contributed by atoms with E-state index in [-0.39, 0.29) is 6.10 Å². The Morgan fingerprint density at radius 1 is 1.24 bits per heavy atom. The predicted octanol–water partition coefficient (Wildman–Crippen LogP) is 2.98. The highest BCUT2D eigenvalue weighted by molar-refractivity contribution is 5.83. The van der Waals surface area contributed by atoms with Crippen molar-refractivity contribution in [2.24, 2.45) is 0 Å². The Bertz CT molecular complexity index is 599. The van der Waals surface area contributed by atoms with Crippen molar-refractivity contribution in [3.63, 3.8) is 0 Å². The van der Waals surface area contributed by atoms with Gasteiger partial charge in [-0.1, -0.05) is 36.4 Å². The monoisotopic (exact) mass is 285 g/mol. The molecular weight excluding hydrogens is 262 g/mol. The molecule has 3 rings (SSSR count). The van der Waals surface area contributed by atoms with Crippen molar-refractivity contribution in [3.05, 3.63) is 48.0 Å². The summed E-state index contributed by atoms with van der Waals surface area (Å²) in [5, 5.41) is 12.9. The predicted molar refractivity (Wildman–Crippen MR) is 85.4 cm³/mol. The van der Waals surface area contributed by atoms with Gasteiger partial charge in [0.25, 0.3) is 0 Å². The number of rotatable bonds is 3. The van der Waals surface area contributed by atoms with Gasteiger partial charge in [-0.05, 0) is 35.7 Å². The molecule has 0 amide bonds. The van der Waals surface area contributed by atoms with Crippen LogP contribution in [0, 0.1) is 0 Å². The fraction of sp³-hybridized carbons (Fsp3) is 0.444. The number of aliphatic hydroxyl groups excluding tert-OH is 1. The Balaban J connectivity index is 1.72. The van der Waals surface area contributed by atoms with E-state index in [1.165, 1.54) is 10.8 Å². The van der Waals surface area contributed by atoms with Gasteiger partial charge in [-0.2, -0.15) is 0 Å². The third-order valence-electron chi connectivity index (χ3n) is 4.13. The Kier molecular flexibility index (Phi) is 4.54. The van der Waals surface area contributed by atoms with Gasteiger partial charge in [0.15, 0.2) is 0 Å². The normalized spacial score (nSPS) is 22.1. The molecule has 1 saturated heterocycles. The lowest BCUT2D eigenvalue weighted by molar-refractivity contribution is 0.0562. The van der Waals surface area contributed by atoms with E-state index < -0.39 is 6.10 Å². The number of aliphatic hydroxyl groups is 1. The second-order valence-corrected chi connectivity index (χ2v) is 5.92. The molecule has 0 radical (unpaired) electrons. The largest absolute Gasteiger partial charge is 0.387 e. The minimum Gasteiger partial charge on any atom is -0.387 e. The molecule has 0 bridgehead atoms. The van der Waals surface area contributed by atoms with Crippen LogP contribution in [0.2, 0.25) is 0 Å². The van der Waals surface area contributed by atoms with Crippen LogP contribution < -0.4 is 0 Å². The Morgan fingerprint density at radius 2 is 2.05 bits per heavy atom. The van der Waals surface area contributed by atoms with Crippen molar-refractivity contribution in [2.45, 2.75) is 25.6 Å². The molecule has 1 N–H and O–H groups in total. The molecule has 0 aliphatic carbocycles. The summed E-state index contributed by atoms with van der Waals surface area (Å²) in [5.41, 5.74) is 0.992. The lowest BCUT2D eigenvalue weighted by Gasteiger charge is -2.24. The lowest BCUT2D eigenvalue weighted by atomic mass is 10.0. The van der Waals surface area contributed by atoms with Crippen LogP contribution in [0.1, 0.15) is 25.0 Å². The Hall–Kier alpha value is -1.42. The number of β-amino-alcohol motifs (C(OH)–C–C–N with tert-alkyl or cyclic N) is 1. The van der Waals surface area contributed by atoms with Gasteiger partial charge < -0.3 is 9.84 Å². The lowest BCUT2D eigenvalue weighted by Crippen LogP contribution is -2.33. The number of ether oxygens (including phenoxy) is 1. The van der Waals surface area contributed by atoms with Crippen LogP contribution in [0.4, 0.5) is 0 Å². The van der Waals surface area contributed by atoms with Crippen LogP contribution in [-0.4, -0.2) is 42.4 Å². The van der Waals surface area contributed by atoms with E-state index in [1.807, 2.05) is 18.2 Å². The molecular formula is C18H23NO2. The molecule has 0 aromatic heterocycles. The quantitative estimate of drug-likeness (QED) is 0.941. The number of benzene rings is 2. The van der Waals surface area contributed by atoms with E-state index in [0.29, 0.717) is 6.54 Å². The van der Waals surface area contributed by atoms with E-state index in [9.17, 15) is 5.11 Å². The number of fused-ring (bicyclic) bond motifs is 1. The summed E-state index contributed by atoms with van der Waals surface area (Å²) < 4.78 is 5.65. The van der Waals surface area contributed by atoms with Gasteiger partial charge in [-0.25, -0.2) is 0 Å². The topological polar surface area (TPSA) is 32.7 Å². The molecule has 0 spiro atoms. The summed E-state index contributed by atoms with van der Waals surface area (Å²) in [5.74, 6) is 0. The van der Waals surface area contributed by atoms with Crippen molar-refractivity contribution >= 4 is 10.8 Å². The first kappa shape index (κ1) is 14.5. The first-order valence-corrected chi connectivity index (χ1v) is 7.73. The molecule has 1 aliphatic heterocycles. The second kappa shape index (κ2) is 6.56. The fourth-order valence-electron chi connectivity index (χ4n) is 3.01. The van der Waals surface area contributed by atoms with Crippen LogP contribution in [0.25, 0.3) is 10.8 Å². The average molecular weight is 285 g/mol. The van der Waals surface area contributed by atoms with Crippen LogP contribution in [0.15, 0.2) is 42.5 Å². The molecule has 2 unspecified atom stereocenters.